The summed E-state index contributed by atoms with van der Waals surface area (Å²) in [6, 6.07) is 9.48. The van der Waals surface area contributed by atoms with Gasteiger partial charge in [0.25, 0.3) is 5.91 Å². The molecule has 0 saturated carbocycles. The predicted molar refractivity (Wildman–Crippen MR) is 78.3 cm³/mol. The van der Waals surface area contributed by atoms with Crippen molar-refractivity contribution in [3.05, 3.63) is 35.9 Å². The Morgan fingerprint density at radius 1 is 1.15 bits per heavy atom. The van der Waals surface area contributed by atoms with Gasteiger partial charge in [0, 0.05) is 30.6 Å². The largest absolute Gasteiger partial charge is 0.354 e. The zero-order valence-corrected chi connectivity index (χ0v) is 12.1. The molecule has 2 amide bonds. The van der Waals surface area contributed by atoms with Crippen molar-refractivity contribution in [3.8, 4) is 0 Å². The van der Waals surface area contributed by atoms with E-state index in [1.165, 1.54) is 0 Å². The van der Waals surface area contributed by atoms with Crippen molar-refractivity contribution in [2.45, 2.75) is 32.7 Å². The van der Waals surface area contributed by atoms with Crippen molar-refractivity contribution in [2.24, 2.45) is 5.92 Å². The Morgan fingerprint density at radius 3 is 2.30 bits per heavy atom. The van der Waals surface area contributed by atoms with Crippen LogP contribution < -0.4 is 5.32 Å². The van der Waals surface area contributed by atoms with Crippen LogP contribution >= 0.6 is 0 Å². The first-order valence-corrected chi connectivity index (χ1v) is 7.22. The van der Waals surface area contributed by atoms with Crippen LogP contribution in [0, 0.1) is 5.92 Å². The summed E-state index contributed by atoms with van der Waals surface area (Å²) < 4.78 is 0. The van der Waals surface area contributed by atoms with Crippen LogP contribution in [0.1, 0.15) is 37.0 Å². The monoisotopic (exact) mass is 274 g/mol. The van der Waals surface area contributed by atoms with Gasteiger partial charge in [0.2, 0.25) is 5.91 Å². The molecule has 0 atom stereocenters. The average molecular weight is 274 g/mol. The zero-order valence-electron chi connectivity index (χ0n) is 12.1. The third-order valence-corrected chi connectivity index (χ3v) is 3.60. The molecule has 1 heterocycles. The summed E-state index contributed by atoms with van der Waals surface area (Å²) >= 11 is 0. The maximum absolute atomic E-state index is 12.3. The van der Waals surface area contributed by atoms with Crippen molar-refractivity contribution >= 4 is 11.8 Å². The van der Waals surface area contributed by atoms with Crippen LogP contribution in [0.25, 0.3) is 0 Å². The highest BCUT2D eigenvalue weighted by atomic mass is 16.2. The molecule has 0 unspecified atom stereocenters. The molecule has 108 valence electrons. The molecule has 4 nitrogen and oxygen atoms in total. The molecule has 1 saturated heterocycles. The number of likely N-dealkylation sites (tertiary alicyclic amines) is 1. The SMILES string of the molecule is CC(C)NC(=O)C1CCN(C(=O)c2ccccc2)CC1. The third kappa shape index (κ3) is 3.59. The topological polar surface area (TPSA) is 49.4 Å². The molecule has 1 aliphatic heterocycles. The number of nitrogens with zero attached hydrogens (tertiary/aromatic N) is 1. The summed E-state index contributed by atoms with van der Waals surface area (Å²) in [6.07, 6.45) is 1.49. The Bertz CT molecular complexity index is 463. The minimum Gasteiger partial charge on any atom is -0.354 e. The summed E-state index contributed by atoms with van der Waals surface area (Å²) in [4.78, 5) is 26.1. The van der Waals surface area contributed by atoms with Crippen molar-refractivity contribution < 1.29 is 9.59 Å². The molecule has 0 aromatic heterocycles. The maximum atomic E-state index is 12.3. The number of rotatable bonds is 3. The first-order valence-electron chi connectivity index (χ1n) is 7.22. The minimum atomic E-state index is 0.0391. The smallest absolute Gasteiger partial charge is 0.253 e. The predicted octanol–water partition coefficient (Wildman–Crippen LogP) is 2.06. The van der Waals surface area contributed by atoms with Crippen LogP contribution in [0.15, 0.2) is 30.3 Å². The van der Waals surface area contributed by atoms with Gasteiger partial charge >= 0.3 is 0 Å². The lowest BCUT2D eigenvalue weighted by atomic mass is 9.95. The fraction of sp³-hybridized carbons (Fsp3) is 0.500. The van der Waals surface area contributed by atoms with E-state index in [1.807, 2.05) is 49.1 Å². The van der Waals surface area contributed by atoms with Crippen LogP contribution in [0.4, 0.5) is 0 Å². The molecular formula is C16H22N2O2. The third-order valence-electron chi connectivity index (χ3n) is 3.60. The molecule has 4 heteroatoms. The van der Waals surface area contributed by atoms with Crippen molar-refractivity contribution in [2.75, 3.05) is 13.1 Å². The minimum absolute atomic E-state index is 0.0391. The van der Waals surface area contributed by atoms with Gasteiger partial charge in [-0.05, 0) is 38.8 Å². The first-order chi connectivity index (χ1) is 9.58. The van der Waals surface area contributed by atoms with Gasteiger partial charge in [0.1, 0.15) is 0 Å². The van der Waals surface area contributed by atoms with Crippen molar-refractivity contribution in [3.63, 3.8) is 0 Å². The molecule has 1 fully saturated rings. The number of piperidine rings is 1. The highest BCUT2D eigenvalue weighted by molar-refractivity contribution is 5.94. The van der Waals surface area contributed by atoms with Gasteiger partial charge < -0.3 is 10.2 Å². The lowest BCUT2D eigenvalue weighted by Gasteiger charge is -2.31. The molecule has 20 heavy (non-hydrogen) atoms. The zero-order chi connectivity index (χ0) is 14.5. The van der Waals surface area contributed by atoms with Gasteiger partial charge in [0.15, 0.2) is 0 Å². The van der Waals surface area contributed by atoms with E-state index in [-0.39, 0.29) is 23.8 Å². The number of carbonyl (C=O) groups is 2. The molecule has 0 spiro atoms. The van der Waals surface area contributed by atoms with E-state index in [0.29, 0.717) is 13.1 Å². The molecule has 0 bridgehead atoms. The second-order valence-corrected chi connectivity index (χ2v) is 5.60. The Labute approximate surface area is 120 Å². The van der Waals surface area contributed by atoms with Crippen LogP contribution in [0.2, 0.25) is 0 Å². The van der Waals surface area contributed by atoms with Crippen molar-refractivity contribution in [1.82, 2.24) is 10.2 Å². The number of amides is 2. The van der Waals surface area contributed by atoms with Crippen molar-refractivity contribution in [1.29, 1.82) is 0 Å². The van der Waals surface area contributed by atoms with Crippen LogP contribution in [0.5, 0.6) is 0 Å². The highest BCUT2D eigenvalue weighted by Crippen LogP contribution is 2.19. The maximum Gasteiger partial charge on any atom is 0.253 e. The number of benzene rings is 1. The molecule has 1 N–H and O–H groups in total. The summed E-state index contributed by atoms with van der Waals surface area (Å²) in [5.41, 5.74) is 0.720. The van der Waals surface area contributed by atoms with Crippen LogP contribution in [0.3, 0.4) is 0 Å². The van der Waals surface area contributed by atoms with E-state index >= 15 is 0 Å². The van der Waals surface area contributed by atoms with Gasteiger partial charge in [-0.3, -0.25) is 9.59 Å². The molecule has 1 aromatic carbocycles. The lowest BCUT2D eigenvalue weighted by molar-refractivity contribution is -0.126. The molecule has 2 rings (SSSR count). The lowest BCUT2D eigenvalue weighted by Crippen LogP contribution is -2.44. The van der Waals surface area contributed by atoms with E-state index < -0.39 is 0 Å². The van der Waals surface area contributed by atoms with Gasteiger partial charge in [-0.15, -0.1) is 0 Å². The number of hydrogen-bond donors (Lipinski definition) is 1. The number of carbonyl (C=O) groups excluding carboxylic acids is 2. The van der Waals surface area contributed by atoms with E-state index in [2.05, 4.69) is 5.32 Å². The Hall–Kier alpha value is -1.84. The average Bonchev–Trinajstić information content (AvgIpc) is 2.47. The van der Waals surface area contributed by atoms with Gasteiger partial charge in [-0.25, -0.2) is 0 Å². The Balaban J connectivity index is 1.88. The summed E-state index contributed by atoms with van der Waals surface area (Å²) in [5.74, 6) is 0.220. The molecule has 1 aliphatic rings. The fourth-order valence-corrected chi connectivity index (χ4v) is 2.51. The molecule has 1 aromatic rings. The van der Waals surface area contributed by atoms with Gasteiger partial charge in [-0.1, -0.05) is 18.2 Å². The molecular weight excluding hydrogens is 252 g/mol. The molecule has 0 radical (unpaired) electrons. The van der Waals surface area contributed by atoms with E-state index in [0.717, 1.165) is 18.4 Å². The standard InChI is InChI=1S/C16H22N2O2/c1-12(2)17-15(19)13-8-10-18(11-9-13)16(20)14-6-4-3-5-7-14/h3-7,12-13H,8-11H2,1-2H3,(H,17,19). The quantitative estimate of drug-likeness (QED) is 0.917. The Morgan fingerprint density at radius 2 is 1.75 bits per heavy atom. The van der Waals surface area contributed by atoms with Crippen LogP contribution in [-0.4, -0.2) is 35.8 Å². The number of nitrogens with one attached hydrogen (secondary N) is 1. The number of hydrogen-bond acceptors (Lipinski definition) is 2. The van der Waals surface area contributed by atoms with E-state index in [1.54, 1.807) is 0 Å². The van der Waals surface area contributed by atoms with E-state index in [9.17, 15) is 9.59 Å². The van der Waals surface area contributed by atoms with Crippen LogP contribution in [-0.2, 0) is 4.79 Å². The Kier molecular flexibility index (Phi) is 4.77. The van der Waals surface area contributed by atoms with Gasteiger partial charge in [-0.2, -0.15) is 0 Å². The summed E-state index contributed by atoms with van der Waals surface area (Å²) in [6.45, 7) is 5.24. The fourth-order valence-electron chi connectivity index (χ4n) is 2.51. The first kappa shape index (κ1) is 14.6. The second kappa shape index (κ2) is 6.55. The normalized spacial score (nSPS) is 16.2. The summed E-state index contributed by atoms with van der Waals surface area (Å²) in [7, 11) is 0. The second-order valence-electron chi connectivity index (χ2n) is 5.60. The summed E-state index contributed by atoms with van der Waals surface area (Å²) in [5, 5.41) is 2.95. The highest BCUT2D eigenvalue weighted by Gasteiger charge is 2.27. The van der Waals surface area contributed by atoms with E-state index in [4.69, 9.17) is 0 Å². The molecule has 0 aliphatic carbocycles. The van der Waals surface area contributed by atoms with Gasteiger partial charge in [0.05, 0.1) is 0 Å².